The molecule has 0 radical (unpaired) electrons. The third-order valence-electron chi connectivity index (χ3n) is 3.96. The van der Waals surface area contributed by atoms with Crippen molar-refractivity contribution in [2.24, 2.45) is 0 Å². The number of hydrogen-bond acceptors (Lipinski definition) is 6. The van der Waals surface area contributed by atoms with E-state index in [0.717, 1.165) is 12.2 Å². The Kier molecular flexibility index (Phi) is 4.78. The SMILES string of the molecule is Cc1ccc(/C=C\C(=O)N2CC[C@H](Nc3ccc([N+](=O)[O-])cn3)C2)o1. The molecule has 3 rings (SSSR count). The molecule has 1 amide bonds. The van der Waals surface area contributed by atoms with E-state index >= 15 is 0 Å². The number of likely N-dealkylation sites (tertiary alicyclic amines) is 1. The summed E-state index contributed by atoms with van der Waals surface area (Å²) in [6, 6.07) is 6.70. The highest BCUT2D eigenvalue weighted by Crippen LogP contribution is 2.17. The van der Waals surface area contributed by atoms with Crippen LogP contribution in [0.3, 0.4) is 0 Å². The average Bonchev–Trinajstić information content (AvgIpc) is 3.22. The number of furan rings is 1. The Morgan fingerprint density at radius 3 is 2.92 bits per heavy atom. The molecule has 0 saturated carbocycles. The minimum atomic E-state index is -0.487. The van der Waals surface area contributed by atoms with Crippen LogP contribution in [-0.2, 0) is 4.79 Å². The molecule has 0 aromatic carbocycles. The minimum absolute atomic E-state index is 0.0490. The van der Waals surface area contributed by atoms with Gasteiger partial charge in [0, 0.05) is 31.3 Å². The molecule has 1 atom stereocenters. The molecular formula is C17H18N4O4. The van der Waals surface area contributed by atoms with Gasteiger partial charge in [0.25, 0.3) is 5.69 Å². The van der Waals surface area contributed by atoms with Crippen LogP contribution >= 0.6 is 0 Å². The first kappa shape index (κ1) is 16.7. The van der Waals surface area contributed by atoms with Crippen LogP contribution in [0.15, 0.2) is 41.0 Å². The summed E-state index contributed by atoms with van der Waals surface area (Å²) in [5.74, 6) is 1.93. The van der Waals surface area contributed by atoms with Crippen LogP contribution in [0, 0.1) is 17.0 Å². The number of nitrogens with zero attached hydrogens (tertiary/aromatic N) is 3. The molecule has 130 valence electrons. The lowest BCUT2D eigenvalue weighted by Crippen LogP contribution is -2.30. The topological polar surface area (TPSA) is 102 Å². The quantitative estimate of drug-likeness (QED) is 0.509. The molecule has 0 spiro atoms. The lowest BCUT2D eigenvalue weighted by atomic mass is 10.2. The maximum absolute atomic E-state index is 12.2. The smallest absolute Gasteiger partial charge is 0.287 e. The summed E-state index contributed by atoms with van der Waals surface area (Å²) in [5.41, 5.74) is -0.0490. The van der Waals surface area contributed by atoms with Gasteiger partial charge in [-0.15, -0.1) is 0 Å². The summed E-state index contributed by atoms with van der Waals surface area (Å²) < 4.78 is 5.40. The molecule has 8 heteroatoms. The van der Waals surface area contributed by atoms with Crippen LogP contribution in [0.2, 0.25) is 0 Å². The van der Waals surface area contributed by atoms with Crippen molar-refractivity contribution in [3.05, 3.63) is 58.2 Å². The van der Waals surface area contributed by atoms with Crippen molar-refractivity contribution in [2.75, 3.05) is 18.4 Å². The van der Waals surface area contributed by atoms with E-state index in [1.807, 2.05) is 19.1 Å². The summed E-state index contributed by atoms with van der Waals surface area (Å²) in [7, 11) is 0. The number of amides is 1. The summed E-state index contributed by atoms with van der Waals surface area (Å²) in [6.07, 6.45) is 5.17. The fourth-order valence-electron chi connectivity index (χ4n) is 2.67. The third-order valence-corrected chi connectivity index (χ3v) is 3.96. The molecule has 2 aromatic heterocycles. The Labute approximate surface area is 144 Å². The van der Waals surface area contributed by atoms with E-state index in [1.165, 1.54) is 18.3 Å². The Hall–Kier alpha value is -3.16. The van der Waals surface area contributed by atoms with E-state index in [2.05, 4.69) is 10.3 Å². The van der Waals surface area contributed by atoms with Gasteiger partial charge in [-0.3, -0.25) is 14.9 Å². The summed E-state index contributed by atoms with van der Waals surface area (Å²) in [5, 5.41) is 13.8. The molecule has 8 nitrogen and oxygen atoms in total. The molecule has 1 aliphatic rings. The molecule has 0 aliphatic carbocycles. The number of nitro groups is 1. The molecular weight excluding hydrogens is 324 g/mol. The van der Waals surface area contributed by atoms with Gasteiger partial charge in [0.15, 0.2) is 0 Å². The largest absolute Gasteiger partial charge is 0.462 e. The Morgan fingerprint density at radius 1 is 1.44 bits per heavy atom. The summed E-state index contributed by atoms with van der Waals surface area (Å²) in [6.45, 7) is 3.05. The second kappa shape index (κ2) is 7.16. The van der Waals surface area contributed by atoms with Crippen molar-refractivity contribution in [2.45, 2.75) is 19.4 Å². The Balaban J connectivity index is 1.53. The van der Waals surface area contributed by atoms with Crippen molar-refractivity contribution in [3.63, 3.8) is 0 Å². The zero-order valence-corrected chi connectivity index (χ0v) is 13.7. The molecule has 0 unspecified atom stereocenters. The minimum Gasteiger partial charge on any atom is -0.462 e. The lowest BCUT2D eigenvalue weighted by Gasteiger charge is -2.15. The van der Waals surface area contributed by atoms with Gasteiger partial charge in [-0.25, -0.2) is 4.98 Å². The van der Waals surface area contributed by atoms with Crippen molar-refractivity contribution in [1.29, 1.82) is 0 Å². The van der Waals surface area contributed by atoms with Crippen LogP contribution in [0.4, 0.5) is 11.5 Å². The number of rotatable bonds is 5. The second-order valence-electron chi connectivity index (χ2n) is 5.85. The normalized spacial score (nSPS) is 17.2. The van der Waals surface area contributed by atoms with Crippen LogP contribution in [0.25, 0.3) is 6.08 Å². The summed E-state index contributed by atoms with van der Waals surface area (Å²) in [4.78, 5) is 28.1. The number of nitrogens with one attached hydrogen (secondary N) is 1. The Morgan fingerprint density at radius 2 is 2.28 bits per heavy atom. The first-order valence-corrected chi connectivity index (χ1v) is 7.91. The average molecular weight is 342 g/mol. The third kappa shape index (κ3) is 4.23. The van der Waals surface area contributed by atoms with E-state index in [-0.39, 0.29) is 17.6 Å². The molecule has 25 heavy (non-hydrogen) atoms. The van der Waals surface area contributed by atoms with Crippen LogP contribution < -0.4 is 5.32 Å². The molecule has 0 bridgehead atoms. The number of hydrogen-bond donors (Lipinski definition) is 1. The molecule has 2 aromatic rings. The Bertz CT molecular complexity index is 797. The van der Waals surface area contributed by atoms with Crippen molar-refractivity contribution >= 4 is 23.5 Å². The van der Waals surface area contributed by atoms with E-state index in [4.69, 9.17) is 4.42 Å². The number of aromatic nitrogens is 1. The highest BCUT2D eigenvalue weighted by Gasteiger charge is 2.25. The van der Waals surface area contributed by atoms with Crippen LogP contribution in [0.1, 0.15) is 17.9 Å². The van der Waals surface area contributed by atoms with Crippen LogP contribution in [-0.4, -0.2) is 39.8 Å². The van der Waals surface area contributed by atoms with Gasteiger partial charge < -0.3 is 14.6 Å². The van der Waals surface area contributed by atoms with Crippen molar-refractivity contribution in [3.8, 4) is 0 Å². The van der Waals surface area contributed by atoms with Gasteiger partial charge in [0.05, 0.1) is 4.92 Å². The van der Waals surface area contributed by atoms with E-state index < -0.39 is 4.92 Å². The lowest BCUT2D eigenvalue weighted by molar-refractivity contribution is -0.385. The van der Waals surface area contributed by atoms with Crippen molar-refractivity contribution in [1.82, 2.24) is 9.88 Å². The van der Waals surface area contributed by atoms with Gasteiger partial charge in [-0.2, -0.15) is 0 Å². The number of pyridine rings is 1. The van der Waals surface area contributed by atoms with Crippen molar-refractivity contribution < 1.29 is 14.1 Å². The maximum Gasteiger partial charge on any atom is 0.287 e. The zero-order chi connectivity index (χ0) is 17.8. The van der Waals surface area contributed by atoms with E-state index in [0.29, 0.717) is 24.7 Å². The highest BCUT2D eigenvalue weighted by molar-refractivity contribution is 5.91. The molecule has 1 aliphatic heterocycles. The predicted molar refractivity (Wildman–Crippen MR) is 92.0 cm³/mol. The van der Waals surface area contributed by atoms with Gasteiger partial charge in [0.2, 0.25) is 5.91 Å². The molecule has 3 heterocycles. The predicted octanol–water partition coefficient (Wildman–Crippen LogP) is 2.62. The maximum atomic E-state index is 12.2. The first-order chi connectivity index (χ1) is 12.0. The number of anilines is 1. The van der Waals surface area contributed by atoms with E-state index in [9.17, 15) is 14.9 Å². The van der Waals surface area contributed by atoms with E-state index in [1.54, 1.807) is 17.0 Å². The van der Waals surface area contributed by atoms with Crippen LogP contribution in [0.5, 0.6) is 0 Å². The first-order valence-electron chi connectivity index (χ1n) is 7.91. The zero-order valence-electron chi connectivity index (χ0n) is 13.7. The second-order valence-corrected chi connectivity index (χ2v) is 5.85. The highest BCUT2D eigenvalue weighted by atomic mass is 16.6. The fraction of sp³-hybridized carbons (Fsp3) is 0.294. The number of aryl methyl sites for hydroxylation is 1. The monoisotopic (exact) mass is 342 g/mol. The van der Waals surface area contributed by atoms with Gasteiger partial charge in [0.1, 0.15) is 23.5 Å². The standard InChI is InChI=1S/C17H18N4O4/c1-12-2-4-15(25-12)5-7-17(22)20-9-8-13(11-20)19-16-6-3-14(10-18-16)21(23)24/h2-7,10,13H,8-9,11H2,1H3,(H,18,19)/b7-5-/t13-/m0/s1. The van der Waals surface area contributed by atoms with Gasteiger partial charge >= 0.3 is 0 Å². The number of carbonyl (C=O) groups excluding carboxylic acids is 1. The molecule has 1 fully saturated rings. The fourth-order valence-corrected chi connectivity index (χ4v) is 2.67. The van der Waals surface area contributed by atoms with Gasteiger partial charge in [-0.1, -0.05) is 0 Å². The summed E-state index contributed by atoms with van der Waals surface area (Å²) >= 11 is 0. The molecule has 1 N–H and O–H groups in total. The number of carbonyl (C=O) groups is 1. The molecule has 1 saturated heterocycles. The van der Waals surface area contributed by atoms with Gasteiger partial charge in [-0.05, 0) is 37.6 Å².